The van der Waals surface area contributed by atoms with Crippen molar-refractivity contribution in [2.45, 2.75) is 39.7 Å². The van der Waals surface area contributed by atoms with Crippen LogP contribution in [0.15, 0.2) is 42.0 Å². The molecule has 0 saturated carbocycles. The summed E-state index contributed by atoms with van der Waals surface area (Å²) in [6, 6.07) is 10.2. The third kappa shape index (κ3) is 7.58. The van der Waals surface area contributed by atoms with E-state index in [-0.39, 0.29) is 0 Å². The van der Waals surface area contributed by atoms with Crippen LogP contribution in [-0.4, -0.2) is 12.9 Å². The second-order valence-corrected chi connectivity index (χ2v) is 5.08. The molecule has 0 heterocycles. The van der Waals surface area contributed by atoms with Gasteiger partial charge in [0, 0.05) is 6.61 Å². The van der Waals surface area contributed by atoms with Crippen LogP contribution in [0.3, 0.4) is 0 Å². The Morgan fingerprint density at radius 3 is 2.68 bits per heavy atom. The van der Waals surface area contributed by atoms with Crippen molar-refractivity contribution in [1.29, 1.82) is 0 Å². The molecule has 0 N–H and O–H groups in total. The van der Waals surface area contributed by atoms with Crippen LogP contribution >= 0.6 is 0 Å². The van der Waals surface area contributed by atoms with Gasteiger partial charge in [-0.3, -0.25) is 4.79 Å². The molecule has 0 saturated heterocycles. The lowest BCUT2D eigenvalue weighted by atomic mass is 10.0. The molecule has 0 radical (unpaired) electrons. The number of benzene rings is 1. The lowest BCUT2D eigenvalue weighted by Crippen LogP contribution is -2.02. The molecular formula is C17H24O2. The molecule has 0 aliphatic carbocycles. The molecule has 0 aromatic heterocycles. The van der Waals surface area contributed by atoms with E-state index in [1.807, 2.05) is 31.2 Å². The quantitative estimate of drug-likeness (QED) is 0.379. The van der Waals surface area contributed by atoms with Crippen LogP contribution in [0.2, 0.25) is 0 Å². The number of carbonyl (C=O) groups excluding carboxylic acids is 1. The molecule has 104 valence electrons. The molecule has 19 heavy (non-hydrogen) atoms. The van der Waals surface area contributed by atoms with Crippen LogP contribution in [0.1, 0.15) is 38.7 Å². The third-order valence-corrected chi connectivity index (χ3v) is 3.18. The highest BCUT2D eigenvalue weighted by atomic mass is 16.5. The van der Waals surface area contributed by atoms with Gasteiger partial charge in [0.25, 0.3) is 0 Å². The van der Waals surface area contributed by atoms with Gasteiger partial charge in [-0.1, -0.05) is 43.3 Å². The minimum atomic E-state index is 0.631. The normalized spacial score (nSPS) is 13.3. The molecule has 0 aliphatic rings. The van der Waals surface area contributed by atoms with Crippen molar-refractivity contribution >= 4 is 6.29 Å². The molecule has 0 spiro atoms. The van der Waals surface area contributed by atoms with E-state index >= 15 is 0 Å². The Kier molecular flexibility index (Phi) is 7.83. The first-order valence-electron chi connectivity index (χ1n) is 6.96. The van der Waals surface area contributed by atoms with Crippen LogP contribution < -0.4 is 0 Å². The number of ether oxygens (including phenoxy) is 1. The molecular weight excluding hydrogens is 236 g/mol. The highest BCUT2D eigenvalue weighted by Crippen LogP contribution is 2.12. The molecule has 1 aromatic carbocycles. The maximum absolute atomic E-state index is 10.4. The minimum Gasteiger partial charge on any atom is -0.377 e. The van der Waals surface area contributed by atoms with Gasteiger partial charge in [0.2, 0.25) is 0 Å². The zero-order chi connectivity index (χ0) is 13.9. The van der Waals surface area contributed by atoms with E-state index in [0.717, 1.165) is 37.7 Å². The second kappa shape index (κ2) is 9.51. The standard InChI is InChI=1S/C17H24O2/c1-15(7-6-8-16(2)13-18)11-12-19-14-17-9-4-3-5-10-17/h3-5,8-10,13,15H,6-7,11-12,14H2,1-2H3. The van der Waals surface area contributed by atoms with Crippen molar-refractivity contribution in [3.63, 3.8) is 0 Å². The summed E-state index contributed by atoms with van der Waals surface area (Å²) in [6.45, 7) is 5.57. The number of hydrogen-bond donors (Lipinski definition) is 0. The molecule has 0 bridgehead atoms. The highest BCUT2D eigenvalue weighted by molar-refractivity contribution is 5.71. The highest BCUT2D eigenvalue weighted by Gasteiger charge is 2.01. The van der Waals surface area contributed by atoms with Crippen molar-refractivity contribution in [2.24, 2.45) is 5.92 Å². The lowest BCUT2D eigenvalue weighted by Gasteiger charge is -2.10. The van der Waals surface area contributed by atoms with Crippen molar-refractivity contribution in [3.05, 3.63) is 47.5 Å². The molecule has 0 amide bonds. The number of allylic oxidation sites excluding steroid dienone is 2. The van der Waals surface area contributed by atoms with Crippen molar-refractivity contribution in [1.82, 2.24) is 0 Å². The van der Waals surface area contributed by atoms with E-state index in [9.17, 15) is 4.79 Å². The van der Waals surface area contributed by atoms with Gasteiger partial charge in [0.05, 0.1) is 6.61 Å². The average Bonchev–Trinajstić information content (AvgIpc) is 2.44. The largest absolute Gasteiger partial charge is 0.377 e. The summed E-state index contributed by atoms with van der Waals surface area (Å²) < 4.78 is 5.67. The van der Waals surface area contributed by atoms with Gasteiger partial charge in [0.15, 0.2) is 0 Å². The van der Waals surface area contributed by atoms with E-state index in [1.165, 1.54) is 5.56 Å². The predicted octanol–water partition coefficient (Wildman–Crippen LogP) is 4.15. The summed E-state index contributed by atoms with van der Waals surface area (Å²) in [7, 11) is 0. The maximum atomic E-state index is 10.4. The van der Waals surface area contributed by atoms with Crippen LogP contribution in [0.4, 0.5) is 0 Å². The van der Waals surface area contributed by atoms with Gasteiger partial charge in [-0.05, 0) is 43.2 Å². The Bertz CT molecular complexity index is 382. The van der Waals surface area contributed by atoms with Gasteiger partial charge in [-0.25, -0.2) is 0 Å². The zero-order valence-electron chi connectivity index (χ0n) is 12.0. The van der Waals surface area contributed by atoms with Gasteiger partial charge in [0.1, 0.15) is 6.29 Å². The Balaban J connectivity index is 2.07. The monoisotopic (exact) mass is 260 g/mol. The first kappa shape index (κ1) is 15.6. The Morgan fingerprint density at radius 2 is 2.00 bits per heavy atom. The van der Waals surface area contributed by atoms with E-state index in [2.05, 4.69) is 19.1 Å². The van der Waals surface area contributed by atoms with Crippen molar-refractivity contribution < 1.29 is 9.53 Å². The molecule has 1 unspecified atom stereocenters. The first-order chi connectivity index (χ1) is 9.22. The van der Waals surface area contributed by atoms with Crippen LogP contribution in [0.25, 0.3) is 0 Å². The fourth-order valence-corrected chi connectivity index (χ4v) is 1.84. The average molecular weight is 260 g/mol. The summed E-state index contributed by atoms with van der Waals surface area (Å²) in [4.78, 5) is 10.4. The molecule has 0 aliphatic heterocycles. The fraction of sp³-hybridized carbons (Fsp3) is 0.471. The Morgan fingerprint density at radius 1 is 1.26 bits per heavy atom. The first-order valence-corrected chi connectivity index (χ1v) is 6.96. The van der Waals surface area contributed by atoms with Gasteiger partial charge in [-0.2, -0.15) is 0 Å². The summed E-state index contributed by atoms with van der Waals surface area (Å²) in [5.74, 6) is 0.631. The summed E-state index contributed by atoms with van der Waals surface area (Å²) >= 11 is 0. The number of hydrogen-bond acceptors (Lipinski definition) is 2. The maximum Gasteiger partial charge on any atom is 0.145 e. The summed E-state index contributed by atoms with van der Waals surface area (Å²) in [5.41, 5.74) is 2.05. The predicted molar refractivity (Wildman–Crippen MR) is 78.9 cm³/mol. The van der Waals surface area contributed by atoms with Crippen LogP contribution in [0, 0.1) is 5.92 Å². The van der Waals surface area contributed by atoms with E-state index in [4.69, 9.17) is 4.74 Å². The molecule has 2 nitrogen and oxygen atoms in total. The van der Waals surface area contributed by atoms with Crippen LogP contribution in [0.5, 0.6) is 0 Å². The van der Waals surface area contributed by atoms with E-state index in [0.29, 0.717) is 12.5 Å². The van der Waals surface area contributed by atoms with E-state index < -0.39 is 0 Å². The number of aldehydes is 1. The van der Waals surface area contributed by atoms with Crippen molar-refractivity contribution in [3.8, 4) is 0 Å². The SMILES string of the molecule is CC(C=O)=CCCC(C)CCOCc1ccccc1. The molecule has 1 aromatic rings. The fourth-order valence-electron chi connectivity index (χ4n) is 1.84. The molecule has 0 fully saturated rings. The van der Waals surface area contributed by atoms with Crippen molar-refractivity contribution in [2.75, 3.05) is 6.61 Å². The second-order valence-electron chi connectivity index (χ2n) is 5.08. The summed E-state index contributed by atoms with van der Waals surface area (Å²) in [6.07, 6.45) is 6.08. The summed E-state index contributed by atoms with van der Waals surface area (Å²) in [5, 5.41) is 0. The smallest absolute Gasteiger partial charge is 0.145 e. The lowest BCUT2D eigenvalue weighted by molar-refractivity contribution is -0.104. The molecule has 2 heteroatoms. The third-order valence-electron chi connectivity index (χ3n) is 3.18. The Hall–Kier alpha value is -1.41. The van der Waals surface area contributed by atoms with Gasteiger partial charge >= 0.3 is 0 Å². The van der Waals surface area contributed by atoms with E-state index in [1.54, 1.807) is 0 Å². The number of carbonyl (C=O) groups is 1. The topological polar surface area (TPSA) is 26.3 Å². The minimum absolute atomic E-state index is 0.631. The van der Waals surface area contributed by atoms with Gasteiger partial charge in [-0.15, -0.1) is 0 Å². The molecule has 1 rings (SSSR count). The zero-order valence-corrected chi connectivity index (χ0v) is 12.0. The molecule has 1 atom stereocenters. The Labute approximate surface area is 116 Å². The van der Waals surface area contributed by atoms with Gasteiger partial charge < -0.3 is 4.74 Å². The van der Waals surface area contributed by atoms with Crippen LogP contribution in [-0.2, 0) is 16.1 Å². The number of rotatable bonds is 9.